The molecule has 134 valence electrons. The van der Waals surface area contributed by atoms with E-state index in [9.17, 15) is 9.90 Å². The summed E-state index contributed by atoms with van der Waals surface area (Å²) in [5, 5.41) is 9.55. The van der Waals surface area contributed by atoms with Gasteiger partial charge >= 0.3 is 0 Å². The van der Waals surface area contributed by atoms with E-state index < -0.39 is 0 Å². The second-order valence-corrected chi connectivity index (χ2v) is 6.52. The van der Waals surface area contributed by atoms with Crippen LogP contribution in [-0.2, 0) is 6.54 Å². The molecular formula is C19H26N4O2. The average Bonchev–Trinajstić information content (AvgIpc) is 3.24. The highest BCUT2D eigenvalue weighted by Gasteiger charge is 2.26. The number of hydrogen-bond acceptors (Lipinski definition) is 4. The van der Waals surface area contributed by atoms with E-state index in [4.69, 9.17) is 0 Å². The number of aromatic nitrogens is 2. The number of pyridine rings is 1. The van der Waals surface area contributed by atoms with Crippen molar-refractivity contribution in [3.8, 4) is 0 Å². The summed E-state index contributed by atoms with van der Waals surface area (Å²) in [4.78, 5) is 21.4. The number of nitrogens with zero attached hydrogens (tertiary/aromatic N) is 4. The molecule has 2 aromatic rings. The van der Waals surface area contributed by atoms with Crippen LogP contribution < -0.4 is 0 Å². The van der Waals surface area contributed by atoms with Crippen molar-refractivity contribution in [3.05, 3.63) is 47.9 Å². The summed E-state index contributed by atoms with van der Waals surface area (Å²) in [6.07, 6.45) is 8.04. The van der Waals surface area contributed by atoms with Crippen molar-refractivity contribution in [1.29, 1.82) is 0 Å². The van der Waals surface area contributed by atoms with E-state index in [2.05, 4.69) is 22.9 Å². The van der Waals surface area contributed by atoms with Crippen LogP contribution in [0.4, 0.5) is 0 Å². The number of rotatable bonds is 7. The largest absolute Gasteiger partial charge is 0.394 e. The molecule has 1 amide bonds. The summed E-state index contributed by atoms with van der Waals surface area (Å²) < 4.78 is 1.98. The van der Waals surface area contributed by atoms with Gasteiger partial charge in [0.15, 0.2) is 5.69 Å². The Morgan fingerprint density at radius 1 is 1.44 bits per heavy atom. The number of unbranched alkanes of at least 4 members (excludes halogenated alkanes) is 1. The lowest BCUT2D eigenvalue weighted by atomic mass is 10.2. The molecule has 2 aromatic heterocycles. The Kier molecular flexibility index (Phi) is 5.50. The first kappa shape index (κ1) is 17.6. The summed E-state index contributed by atoms with van der Waals surface area (Å²) in [5.74, 6) is -0.0418. The van der Waals surface area contributed by atoms with E-state index in [1.54, 1.807) is 4.90 Å². The molecular weight excluding hydrogens is 316 g/mol. The highest BCUT2D eigenvalue weighted by Crippen LogP contribution is 2.20. The second kappa shape index (κ2) is 7.80. The fourth-order valence-electron chi connectivity index (χ4n) is 3.21. The third-order valence-corrected chi connectivity index (χ3v) is 4.73. The molecule has 0 aromatic carbocycles. The van der Waals surface area contributed by atoms with Crippen molar-refractivity contribution in [2.75, 3.05) is 26.7 Å². The fraction of sp³-hybridized carbons (Fsp3) is 0.474. The van der Waals surface area contributed by atoms with Crippen molar-refractivity contribution >= 4 is 11.6 Å². The maximum absolute atomic E-state index is 12.9. The molecule has 1 N–H and O–H groups in total. The number of carbonyl (C=O) groups is 1. The molecule has 0 aliphatic carbocycles. The Hall–Kier alpha value is -2.18. The van der Waals surface area contributed by atoms with Crippen molar-refractivity contribution in [3.63, 3.8) is 0 Å². The van der Waals surface area contributed by atoms with Crippen molar-refractivity contribution in [1.82, 2.24) is 19.2 Å². The van der Waals surface area contributed by atoms with Crippen LogP contribution in [0.15, 0.2) is 36.5 Å². The molecule has 25 heavy (non-hydrogen) atoms. The van der Waals surface area contributed by atoms with Gasteiger partial charge in [-0.15, -0.1) is 0 Å². The molecule has 0 saturated heterocycles. The molecule has 1 aliphatic rings. The minimum atomic E-state index is -0.0418. The standard InChI is InChI=1S/C19H26N4O2/c1-3-4-10-21(2)19(25)18-16(13-22-11-7-8-15(22)14-24)23-12-6-5-9-17(23)20-18/h5-9,12,15,24H,3-4,10-11,13-14H2,1-2H3/t15-/m0/s1. The Labute approximate surface area is 148 Å². The van der Waals surface area contributed by atoms with E-state index >= 15 is 0 Å². The molecule has 1 aliphatic heterocycles. The average molecular weight is 342 g/mol. The van der Waals surface area contributed by atoms with Crippen LogP contribution in [0.3, 0.4) is 0 Å². The molecule has 6 heteroatoms. The normalized spacial score (nSPS) is 17.5. The Morgan fingerprint density at radius 3 is 3.04 bits per heavy atom. The molecule has 3 heterocycles. The van der Waals surface area contributed by atoms with Gasteiger partial charge in [0.1, 0.15) is 5.65 Å². The predicted molar refractivity (Wildman–Crippen MR) is 97.5 cm³/mol. The quantitative estimate of drug-likeness (QED) is 0.781. The van der Waals surface area contributed by atoms with Gasteiger partial charge in [-0.1, -0.05) is 31.6 Å². The SMILES string of the molecule is CCCCN(C)C(=O)c1nc2ccccn2c1CN1CC=C[C@H]1CO. The Morgan fingerprint density at radius 2 is 2.28 bits per heavy atom. The van der Waals surface area contributed by atoms with Crippen LogP contribution in [0.25, 0.3) is 5.65 Å². The molecule has 3 rings (SSSR count). The molecule has 0 spiro atoms. The molecule has 0 unspecified atom stereocenters. The van der Waals surface area contributed by atoms with Crippen molar-refractivity contribution < 1.29 is 9.90 Å². The fourth-order valence-corrected chi connectivity index (χ4v) is 3.21. The van der Waals surface area contributed by atoms with Crippen LogP contribution in [-0.4, -0.2) is 63.0 Å². The minimum absolute atomic E-state index is 0.00460. The van der Waals surface area contributed by atoms with Gasteiger partial charge in [0.25, 0.3) is 5.91 Å². The third kappa shape index (κ3) is 3.60. The summed E-state index contributed by atoms with van der Waals surface area (Å²) in [5.41, 5.74) is 2.16. The van der Waals surface area contributed by atoms with Crippen LogP contribution >= 0.6 is 0 Å². The number of amides is 1. The van der Waals surface area contributed by atoms with Crippen molar-refractivity contribution in [2.45, 2.75) is 32.4 Å². The Balaban J connectivity index is 1.93. The van der Waals surface area contributed by atoms with Crippen LogP contribution in [0.2, 0.25) is 0 Å². The highest BCUT2D eigenvalue weighted by molar-refractivity contribution is 5.94. The lowest BCUT2D eigenvalue weighted by Gasteiger charge is -2.23. The predicted octanol–water partition coefficient (Wildman–Crippen LogP) is 1.94. The zero-order chi connectivity index (χ0) is 17.8. The van der Waals surface area contributed by atoms with E-state index in [0.717, 1.165) is 37.3 Å². The number of fused-ring (bicyclic) bond motifs is 1. The van der Waals surface area contributed by atoms with Gasteiger partial charge in [-0.2, -0.15) is 0 Å². The maximum atomic E-state index is 12.9. The molecule has 0 radical (unpaired) electrons. The van der Waals surface area contributed by atoms with E-state index in [1.165, 1.54) is 0 Å². The highest BCUT2D eigenvalue weighted by atomic mass is 16.3. The maximum Gasteiger partial charge on any atom is 0.274 e. The van der Waals surface area contributed by atoms with Gasteiger partial charge < -0.3 is 14.4 Å². The van der Waals surface area contributed by atoms with Gasteiger partial charge in [0.2, 0.25) is 0 Å². The first-order chi connectivity index (χ1) is 12.2. The number of aliphatic hydroxyl groups excluding tert-OH is 1. The summed E-state index contributed by atoms with van der Waals surface area (Å²) >= 11 is 0. The lowest BCUT2D eigenvalue weighted by molar-refractivity contribution is 0.0785. The zero-order valence-corrected chi connectivity index (χ0v) is 14.9. The minimum Gasteiger partial charge on any atom is -0.394 e. The van der Waals surface area contributed by atoms with Gasteiger partial charge in [0, 0.05) is 32.9 Å². The van der Waals surface area contributed by atoms with E-state index in [0.29, 0.717) is 12.2 Å². The number of aliphatic hydroxyl groups is 1. The summed E-state index contributed by atoms with van der Waals surface area (Å²) in [6, 6.07) is 5.78. The summed E-state index contributed by atoms with van der Waals surface area (Å²) in [6.45, 7) is 4.26. The zero-order valence-electron chi connectivity index (χ0n) is 14.9. The van der Waals surface area contributed by atoms with Crippen LogP contribution in [0.5, 0.6) is 0 Å². The van der Waals surface area contributed by atoms with Crippen LogP contribution in [0.1, 0.15) is 35.9 Å². The van der Waals surface area contributed by atoms with E-state index in [-0.39, 0.29) is 18.6 Å². The Bertz CT molecular complexity index is 768. The molecule has 6 nitrogen and oxygen atoms in total. The number of carbonyl (C=O) groups excluding carboxylic acids is 1. The monoisotopic (exact) mass is 342 g/mol. The molecule has 0 bridgehead atoms. The number of imidazole rings is 1. The molecule has 0 fully saturated rings. The first-order valence-electron chi connectivity index (χ1n) is 8.88. The lowest BCUT2D eigenvalue weighted by Crippen LogP contribution is -2.34. The first-order valence-corrected chi connectivity index (χ1v) is 8.88. The second-order valence-electron chi connectivity index (χ2n) is 6.52. The van der Waals surface area contributed by atoms with Gasteiger partial charge in [-0.05, 0) is 18.6 Å². The topological polar surface area (TPSA) is 61.1 Å². The molecule has 0 saturated carbocycles. The van der Waals surface area contributed by atoms with Gasteiger partial charge in [-0.3, -0.25) is 9.69 Å². The van der Waals surface area contributed by atoms with Gasteiger partial charge in [0.05, 0.1) is 18.3 Å². The summed E-state index contributed by atoms with van der Waals surface area (Å²) in [7, 11) is 1.83. The van der Waals surface area contributed by atoms with E-state index in [1.807, 2.05) is 41.9 Å². The van der Waals surface area contributed by atoms with Crippen LogP contribution in [0, 0.1) is 0 Å². The third-order valence-electron chi connectivity index (χ3n) is 4.73. The van der Waals surface area contributed by atoms with Crippen molar-refractivity contribution in [2.24, 2.45) is 0 Å². The molecule has 1 atom stereocenters. The smallest absolute Gasteiger partial charge is 0.274 e. The van der Waals surface area contributed by atoms with Gasteiger partial charge in [-0.25, -0.2) is 4.98 Å². The number of hydrogen-bond donors (Lipinski definition) is 1.